The van der Waals surface area contributed by atoms with Gasteiger partial charge >= 0.3 is 0 Å². The van der Waals surface area contributed by atoms with Crippen molar-refractivity contribution in [1.29, 1.82) is 0 Å². The van der Waals surface area contributed by atoms with Crippen LogP contribution in [0.1, 0.15) is 50.8 Å². The summed E-state index contributed by atoms with van der Waals surface area (Å²) in [6.45, 7) is 14.0. The van der Waals surface area contributed by atoms with Gasteiger partial charge in [0.2, 0.25) is 0 Å². The van der Waals surface area contributed by atoms with Gasteiger partial charge in [0.1, 0.15) is 0 Å². The van der Waals surface area contributed by atoms with Crippen molar-refractivity contribution in [2.45, 2.75) is 45.8 Å². The molecule has 0 radical (unpaired) electrons. The molecule has 2 rings (SSSR count). The van der Waals surface area contributed by atoms with Crippen molar-refractivity contribution in [1.82, 2.24) is 9.80 Å². The molecule has 1 heterocycles. The summed E-state index contributed by atoms with van der Waals surface area (Å²) < 4.78 is 0. The van der Waals surface area contributed by atoms with Crippen molar-refractivity contribution in [3.05, 3.63) is 35.4 Å². The van der Waals surface area contributed by atoms with Gasteiger partial charge in [-0.05, 0) is 30.9 Å². The Kier molecular flexibility index (Phi) is 5.80. The first-order chi connectivity index (χ1) is 9.97. The number of rotatable bonds is 5. The van der Waals surface area contributed by atoms with Crippen LogP contribution in [0.5, 0.6) is 0 Å². The summed E-state index contributed by atoms with van der Waals surface area (Å²) in [7, 11) is 0. The molecule has 1 unspecified atom stereocenters. The molecular formula is C18H30N2O. The Morgan fingerprint density at radius 2 is 1.43 bits per heavy atom. The maximum Gasteiger partial charge on any atom is 0.0916 e. The molecular weight excluding hydrogens is 260 g/mol. The molecule has 0 aromatic heterocycles. The first kappa shape index (κ1) is 16.5. The zero-order valence-corrected chi connectivity index (χ0v) is 13.9. The van der Waals surface area contributed by atoms with E-state index in [1.807, 2.05) is 0 Å². The van der Waals surface area contributed by atoms with Gasteiger partial charge in [-0.25, -0.2) is 0 Å². The largest absolute Gasteiger partial charge is 0.387 e. The first-order valence-electron chi connectivity index (χ1n) is 8.21. The lowest BCUT2D eigenvalue weighted by atomic mass is 10.00. The minimum Gasteiger partial charge on any atom is -0.387 e. The van der Waals surface area contributed by atoms with Gasteiger partial charge in [0.25, 0.3) is 0 Å². The Labute approximate surface area is 129 Å². The van der Waals surface area contributed by atoms with Crippen molar-refractivity contribution in [3.63, 3.8) is 0 Å². The van der Waals surface area contributed by atoms with E-state index in [2.05, 4.69) is 61.8 Å². The van der Waals surface area contributed by atoms with Crippen LogP contribution in [0.4, 0.5) is 0 Å². The van der Waals surface area contributed by atoms with Crippen LogP contribution in [0, 0.1) is 0 Å². The number of piperazine rings is 1. The quantitative estimate of drug-likeness (QED) is 0.903. The fourth-order valence-corrected chi connectivity index (χ4v) is 2.92. The Bertz CT molecular complexity index is 419. The van der Waals surface area contributed by atoms with Gasteiger partial charge in [0, 0.05) is 38.8 Å². The van der Waals surface area contributed by atoms with E-state index in [9.17, 15) is 5.11 Å². The van der Waals surface area contributed by atoms with E-state index in [4.69, 9.17) is 0 Å². The molecule has 0 spiro atoms. The lowest BCUT2D eigenvalue weighted by Crippen LogP contribution is -2.49. The monoisotopic (exact) mass is 290 g/mol. The topological polar surface area (TPSA) is 26.7 Å². The van der Waals surface area contributed by atoms with E-state index in [-0.39, 0.29) is 6.10 Å². The molecule has 3 heteroatoms. The number of hydrogen-bond donors (Lipinski definition) is 1. The molecule has 1 fully saturated rings. The minimum atomic E-state index is -0.378. The third-order valence-corrected chi connectivity index (χ3v) is 4.56. The molecule has 1 aliphatic heterocycles. The fraction of sp³-hybridized carbons (Fsp3) is 0.667. The second-order valence-electron chi connectivity index (χ2n) is 6.77. The molecule has 0 aliphatic carbocycles. The third-order valence-electron chi connectivity index (χ3n) is 4.56. The molecule has 1 aromatic rings. The van der Waals surface area contributed by atoms with E-state index in [1.165, 1.54) is 5.56 Å². The number of aliphatic hydroxyl groups is 1. The number of benzene rings is 1. The lowest BCUT2D eigenvalue weighted by Gasteiger charge is -2.37. The molecule has 0 bridgehead atoms. The molecule has 1 aromatic carbocycles. The molecule has 0 amide bonds. The SMILES string of the molecule is CC(C)c1ccc(C(O)CN2CCN(C(C)C)CC2)cc1. The van der Waals surface area contributed by atoms with Crippen LogP contribution in [0.2, 0.25) is 0 Å². The zero-order chi connectivity index (χ0) is 15.4. The highest BCUT2D eigenvalue weighted by atomic mass is 16.3. The van der Waals surface area contributed by atoms with Crippen LogP contribution in [0.15, 0.2) is 24.3 Å². The lowest BCUT2D eigenvalue weighted by molar-refractivity contribution is 0.0621. The number of hydrogen-bond acceptors (Lipinski definition) is 3. The maximum atomic E-state index is 10.4. The highest BCUT2D eigenvalue weighted by Gasteiger charge is 2.21. The van der Waals surface area contributed by atoms with E-state index >= 15 is 0 Å². The summed E-state index contributed by atoms with van der Waals surface area (Å²) in [5.74, 6) is 0.542. The van der Waals surface area contributed by atoms with E-state index in [0.717, 1.165) is 38.3 Å². The summed E-state index contributed by atoms with van der Waals surface area (Å²) in [6.07, 6.45) is -0.378. The third kappa shape index (κ3) is 4.53. The molecule has 21 heavy (non-hydrogen) atoms. The van der Waals surface area contributed by atoms with Gasteiger partial charge in [-0.2, -0.15) is 0 Å². The number of β-amino-alcohol motifs (C(OH)–C–C–N with tert-alkyl or cyclic N) is 1. The number of aliphatic hydroxyl groups excluding tert-OH is 1. The Morgan fingerprint density at radius 1 is 0.905 bits per heavy atom. The van der Waals surface area contributed by atoms with Gasteiger partial charge in [-0.3, -0.25) is 9.80 Å². The maximum absolute atomic E-state index is 10.4. The summed E-state index contributed by atoms with van der Waals surface area (Å²) in [4.78, 5) is 4.88. The second kappa shape index (κ2) is 7.39. The van der Waals surface area contributed by atoms with Crippen molar-refractivity contribution in [3.8, 4) is 0 Å². The average molecular weight is 290 g/mol. The molecule has 1 atom stereocenters. The standard InChI is InChI=1S/C18H30N2O/c1-14(2)16-5-7-17(8-6-16)18(21)13-19-9-11-20(12-10-19)15(3)4/h5-8,14-15,18,21H,9-13H2,1-4H3. The predicted molar refractivity (Wildman–Crippen MR) is 88.6 cm³/mol. The van der Waals surface area contributed by atoms with E-state index < -0.39 is 0 Å². The number of nitrogens with zero attached hydrogens (tertiary/aromatic N) is 2. The Hall–Kier alpha value is -0.900. The summed E-state index contributed by atoms with van der Waals surface area (Å²) in [6, 6.07) is 9.05. The molecule has 3 nitrogen and oxygen atoms in total. The van der Waals surface area contributed by atoms with Crippen LogP contribution in [-0.2, 0) is 0 Å². The van der Waals surface area contributed by atoms with Crippen molar-refractivity contribution in [2.24, 2.45) is 0 Å². The predicted octanol–water partition coefficient (Wildman–Crippen LogP) is 2.87. The first-order valence-corrected chi connectivity index (χ1v) is 8.21. The summed E-state index contributed by atoms with van der Waals surface area (Å²) in [5, 5.41) is 10.4. The van der Waals surface area contributed by atoms with E-state index in [1.54, 1.807) is 0 Å². The second-order valence-corrected chi connectivity index (χ2v) is 6.77. The molecule has 118 valence electrons. The van der Waals surface area contributed by atoms with E-state index in [0.29, 0.717) is 12.0 Å². The van der Waals surface area contributed by atoms with Gasteiger partial charge in [-0.15, -0.1) is 0 Å². The molecule has 1 saturated heterocycles. The molecule has 1 aliphatic rings. The Balaban J connectivity index is 1.86. The van der Waals surface area contributed by atoms with Crippen molar-refractivity contribution >= 4 is 0 Å². The van der Waals surface area contributed by atoms with Gasteiger partial charge in [0.05, 0.1) is 6.10 Å². The molecule has 0 saturated carbocycles. The Morgan fingerprint density at radius 3 is 1.90 bits per heavy atom. The fourth-order valence-electron chi connectivity index (χ4n) is 2.92. The van der Waals surface area contributed by atoms with Crippen LogP contribution >= 0.6 is 0 Å². The van der Waals surface area contributed by atoms with Gasteiger partial charge < -0.3 is 5.11 Å². The summed E-state index contributed by atoms with van der Waals surface area (Å²) >= 11 is 0. The summed E-state index contributed by atoms with van der Waals surface area (Å²) in [5.41, 5.74) is 2.36. The van der Waals surface area contributed by atoms with Crippen LogP contribution in [-0.4, -0.2) is 53.7 Å². The normalized spacial score (nSPS) is 19.4. The zero-order valence-electron chi connectivity index (χ0n) is 13.9. The van der Waals surface area contributed by atoms with Gasteiger partial charge in [0.15, 0.2) is 0 Å². The molecule has 1 N–H and O–H groups in total. The highest BCUT2D eigenvalue weighted by molar-refractivity contribution is 5.26. The smallest absolute Gasteiger partial charge is 0.0916 e. The van der Waals surface area contributed by atoms with Crippen molar-refractivity contribution in [2.75, 3.05) is 32.7 Å². The van der Waals surface area contributed by atoms with Crippen LogP contribution < -0.4 is 0 Å². The van der Waals surface area contributed by atoms with Crippen LogP contribution in [0.3, 0.4) is 0 Å². The van der Waals surface area contributed by atoms with Crippen LogP contribution in [0.25, 0.3) is 0 Å². The minimum absolute atomic E-state index is 0.378. The average Bonchev–Trinajstić information content (AvgIpc) is 2.47. The van der Waals surface area contributed by atoms with Gasteiger partial charge in [-0.1, -0.05) is 38.1 Å². The highest BCUT2D eigenvalue weighted by Crippen LogP contribution is 2.20. The van der Waals surface area contributed by atoms with Crippen molar-refractivity contribution < 1.29 is 5.11 Å².